The normalized spacial score (nSPS) is 11.2. The van der Waals surface area contributed by atoms with E-state index in [4.69, 9.17) is 5.11 Å². The van der Waals surface area contributed by atoms with Gasteiger partial charge in [0.05, 0.1) is 11.1 Å². The number of rotatable bonds is 2. The predicted molar refractivity (Wildman–Crippen MR) is 67.5 cm³/mol. The fourth-order valence-corrected chi connectivity index (χ4v) is 1.67. The summed E-state index contributed by atoms with van der Waals surface area (Å²) in [6.07, 6.45) is -4.59. The molecule has 0 radical (unpaired) electrons. The zero-order chi connectivity index (χ0) is 14.8. The molecule has 0 spiro atoms. The van der Waals surface area contributed by atoms with Gasteiger partial charge in [0.2, 0.25) is 0 Å². The Bertz CT molecular complexity index is 621. The Morgan fingerprint density at radius 3 is 2.20 bits per heavy atom. The molecule has 3 nitrogen and oxygen atoms in total. The Morgan fingerprint density at radius 1 is 1.00 bits per heavy atom. The quantitative estimate of drug-likeness (QED) is 0.825. The molecule has 6 heteroatoms. The Labute approximate surface area is 112 Å². The largest absolute Gasteiger partial charge is 0.508 e. The van der Waals surface area contributed by atoms with E-state index in [1.807, 2.05) is 0 Å². The number of anilines is 1. The van der Waals surface area contributed by atoms with Crippen molar-refractivity contribution >= 4 is 11.6 Å². The highest BCUT2D eigenvalue weighted by atomic mass is 19.4. The van der Waals surface area contributed by atoms with Gasteiger partial charge in [0.15, 0.2) is 0 Å². The van der Waals surface area contributed by atoms with Crippen LogP contribution in [0.5, 0.6) is 5.75 Å². The van der Waals surface area contributed by atoms with E-state index in [-0.39, 0.29) is 5.75 Å². The number of aromatic hydroxyl groups is 1. The number of phenolic OH excluding ortho intramolecular Hbond substituents is 1. The molecule has 0 saturated heterocycles. The molecule has 0 bridgehead atoms. The van der Waals surface area contributed by atoms with Gasteiger partial charge in [0.25, 0.3) is 5.91 Å². The summed E-state index contributed by atoms with van der Waals surface area (Å²) in [5.41, 5.74) is -1.14. The lowest BCUT2D eigenvalue weighted by Crippen LogP contribution is -2.18. The van der Waals surface area contributed by atoms with E-state index in [0.29, 0.717) is 5.69 Å². The number of alkyl halides is 3. The average molecular weight is 281 g/mol. The molecule has 2 aromatic rings. The number of hydrogen-bond donors (Lipinski definition) is 2. The van der Waals surface area contributed by atoms with Crippen molar-refractivity contribution in [3.8, 4) is 5.75 Å². The second kappa shape index (κ2) is 5.24. The van der Waals surface area contributed by atoms with E-state index in [0.717, 1.165) is 12.1 Å². The van der Waals surface area contributed by atoms with Gasteiger partial charge in [-0.1, -0.05) is 12.1 Å². The van der Waals surface area contributed by atoms with Gasteiger partial charge in [-0.2, -0.15) is 13.2 Å². The van der Waals surface area contributed by atoms with Gasteiger partial charge < -0.3 is 10.4 Å². The highest BCUT2D eigenvalue weighted by molar-refractivity contribution is 6.05. The van der Waals surface area contributed by atoms with Crippen LogP contribution in [0.2, 0.25) is 0 Å². The number of nitrogens with one attached hydrogen (secondary N) is 1. The van der Waals surface area contributed by atoms with Crippen molar-refractivity contribution < 1.29 is 23.1 Å². The molecule has 0 unspecified atom stereocenters. The van der Waals surface area contributed by atoms with Gasteiger partial charge in [-0.05, 0) is 36.4 Å². The van der Waals surface area contributed by atoms with E-state index in [9.17, 15) is 18.0 Å². The monoisotopic (exact) mass is 281 g/mol. The number of carbonyl (C=O) groups excluding carboxylic acids is 1. The van der Waals surface area contributed by atoms with Crippen LogP contribution in [0.4, 0.5) is 18.9 Å². The van der Waals surface area contributed by atoms with Gasteiger partial charge in [0, 0.05) is 5.69 Å². The Hall–Kier alpha value is -2.50. The van der Waals surface area contributed by atoms with Crippen LogP contribution < -0.4 is 5.32 Å². The number of halogens is 3. The van der Waals surface area contributed by atoms with Crippen LogP contribution in [0, 0.1) is 0 Å². The highest BCUT2D eigenvalue weighted by Gasteiger charge is 2.34. The summed E-state index contributed by atoms with van der Waals surface area (Å²) in [6.45, 7) is 0. The maximum Gasteiger partial charge on any atom is 0.417 e. The third kappa shape index (κ3) is 3.09. The van der Waals surface area contributed by atoms with Crippen molar-refractivity contribution in [1.82, 2.24) is 0 Å². The lowest BCUT2D eigenvalue weighted by molar-refractivity contribution is -0.137. The number of amides is 1. The fourth-order valence-electron chi connectivity index (χ4n) is 1.67. The minimum atomic E-state index is -4.59. The first-order chi connectivity index (χ1) is 9.38. The zero-order valence-electron chi connectivity index (χ0n) is 10.1. The van der Waals surface area contributed by atoms with Crippen LogP contribution in [-0.2, 0) is 6.18 Å². The minimum absolute atomic E-state index is 0.00121. The van der Waals surface area contributed by atoms with Crippen molar-refractivity contribution in [2.24, 2.45) is 0 Å². The summed E-state index contributed by atoms with van der Waals surface area (Å²) in [4.78, 5) is 11.9. The summed E-state index contributed by atoms with van der Waals surface area (Å²) < 4.78 is 38.4. The number of carbonyl (C=O) groups is 1. The van der Waals surface area contributed by atoms with Crippen LogP contribution in [0.15, 0.2) is 48.5 Å². The second-order valence-electron chi connectivity index (χ2n) is 4.04. The van der Waals surface area contributed by atoms with E-state index < -0.39 is 23.2 Å². The highest BCUT2D eigenvalue weighted by Crippen LogP contribution is 2.32. The SMILES string of the molecule is O=C(Nc1ccc(O)cc1)c1ccccc1C(F)(F)F. The second-order valence-corrected chi connectivity index (χ2v) is 4.04. The van der Waals surface area contributed by atoms with Crippen molar-refractivity contribution in [2.45, 2.75) is 6.18 Å². The van der Waals surface area contributed by atoms with E-state index in [1.165, 1.54) is 36.4 Å². The topological polar surface area (TPSA) is 49.3 Å². The maximum atomic E-state index is 12.8. The first kappa shape index (κ1) is 13.9. The predicted octanol–water partition coefficient (Wildman–Crippen LogP) is 3.66. The van der Waals surface area contributed by atoms with E-state index >= 15 is 0 Å². The lowest BCUT2D eigenvalue weighted by atomic mass is 10.1. The van der Waals surface area contributed by atoms with Crippen molar-refractivity contribution in [3.05, 3.63) is 59.7 Å². The molecular formula is C14H10F3NO2. The molecule has 2 rings (SSSR count). The summed E-state index contributed by atoms with van der Waals surface area (Å²) in [7, 11) is 0. The Balaban J connectivity index is 2.28. The molecule has 0 aromatic heterocycles. The van der Waals surface area contributed by atoms with Crippen LogP contribution in [0.25, 0.3) is 0 Å². The van der Waals surface area contributed by atoms with Gasteiger partial charge in [-0.15, -0.1) is 0 Å². The molecule has 1 amide bonds. The number of phenols is 1. The third-order valence-electron chi connectivity index (χ3n) is 2.60. The summed E-state index contributed by atoms with van der Waals surface area (Å²) in [5.74, 6) is -0.859. The van der Waals surface area contributed by atoms with Gasteiger partial charge in [0.1, 0.15) is 5.75 Å². The maximum absolute atomic E-state index is 12.8. The van der Waals surface area contributed by atoms with Gasteiger partial charge >= 0.3 is 6.18 Å². The first-order valence-electron chi connectivity index (χ1n) is 5.64. The molecule has 0 aliphatic carbocycles. The van der Waals surface area contributed by atoms with Crippen LogP contribution in [0.1, 0.15) is 15.9 Å². The number of hydrogen-bond acceptors (Lipinski definition) is 2. The third-order valence-corrected chi connectivity index (χ3v) is 2.60. The molecule has 0 atom stereocenters. The molecule has 0 aliphatic rings. The fraction of sp³-hybridized carbons (Fsp3) is 0.0714. The standard InChI is InChI=1S/C14H10F3NO2/c15-14(16,17)12-4-2-1-3-11(12)13(20)18-9-5-7-10(19)8-6-9/h1-8,19H,(H,18,20). The average Bonchev–Trinajstić information content (AvgIpc) is 2.40. The van der Waals surface area contributed by atoms with Gasteiger partial charge in [-0.3, -0.25) is 4.79 Å². The molecule has 2 aromatic carbocycles. The smallest absolute Gasteiger partial charge is 0.417 e. The Kier molecular flexibility index (Phi) is 3.65. The zero-order valence-corrected chi connectivity index (χ0v) is 10.1. The molecule has 0 aliphatic heterocycles. The molecule has 0 heterocycles. The molecule has 20 heavy (non-hydrogen) atoms. The van der Waals surface area contributed by atoms with Crippen molar-refractivity contribution in [1.29, 1.82) is 0 Å². The molecule has 0 saturated carbocycles. The van der Waals surface area contributed by atoms with E-state index in [1.54, 1.807) is 0 Å². The summed E-state index contributed by atoms with van der Waals surface area (Å²) >= 11 is 0. The van der Waals surface area contributed by atoms with Gasteiger partial charge in [-0.25, -0.2) is 0 Å². The van der Waals surface area contributed by atoms with Crippen molar-refractivity contribution in [3.63, 3.8) is 0 Å². The number of benzene rings is 2. The Morgan fingerprint density at radius 2 is 1.60 bits per heavy atom. The van der Waals surface area contributed by atoms with E-state index in [2.05, 4.69) is 5.32 Å². The lowest BCUT2D eigenvalue weighted by Gasteiger charge is -2.12. The first-order valence-corrected chi connectivity index (χ1v) is 5.64. The molecular weight excluding hydrogens is 271 g/mol. The minimum Gasteiger partial charge on any atom is -0.508 e. The molecule has 104 valence electrons. The van der Waals surface area contributed by atoms with Crippen molar-refractivity contribution in [2.75, 3.05) is 5.32 Å². The van der Waals surface area contributed by atoms with Crippen LogP contribution in [-0.4, -0.2) is 11.0 Å². The van der Waals surface area contributed by atoms with Crippen LogP contribution in [0.3, 0.4) is 0 Å². The molecule has 2 N–H and O–H groups in total. The van der Waals surface area contributed by atoms with Crippen LogP contribution >= 0.6 is 0 Å². The molecule has 0 fully saturated rings. The summed E-state index contributed by atoms with van der Waals surface area (Å²) in [5, 5.41) is 11.4. The summed E-state index contributed by atoms with van der Waals surface area (Å²) in [6, 6.07) is 9.98.